The van der Waals surface area contributed by atoms with Gasteiger partial charge in [0.25, 0.3) is 0 Å². The van der Waals surface area contributed by atoms with Crippen LogP contribution in [0.2, 0.25) is 0 Å². The molecule has 0 fully saturated rings. The molecule has 0 atom stereocenters. The predicted octanol–water partition coefficient (Wildman–Crippen LogP) is 2.38. The zero-order valence-corrected chi connectivity index (χ0v) is 8.90. The minimum atomic E-state index is -0.508. The first-order valence-electron chi connectivity index (χ1n) is 5.08. The van der Waals surface area contributed by atoms with Crippen molar-refractivity contribution >= 4 is 5.82 Å². The number of anilines is 1. The van der Waals surface area contributed by atoms with E-state index in [4.69, 9.17) is 4.42 Å². The van der Waals surface area contributed by atoms with Gasteiger partial charge in [-0.1, -0.05) is 13.0 Å². The molecule has 4 nitrogen and oxygen atoms in total. The van der Waals surface area contributed by atoms with E-state index >= 15 is 0 Å². The fraction of sp³-hybridized carbons (Fsp3) is 0.273. The van der Waals surface area contributed by atoms with Crippen molar-refractivity contribution in [3.05, 3.63) is 42.0 Å². The second kappa shape index (κ2) is 4.74. The van der Waals surface area contributed by atoms with Gasteiger partial charge >= 0.3 is 0 Å². The standard InChI is InChI=1S/C11H12FN3O/c1-2-8-6-14-11(16-8)7-13-10-5-3-4-9(12)15-10/h3-6H,2,7H2,1H3,(H,13,15). The molecule has 2 aromatic rings. The van der Waals surface area contributed by atoms with E-state index in [1.165, 1.54) is 6.07 Å². The van der Waals surface area contributed by atoms with Crippen molar-refractivity contribution in [2.24, 2.45) is 0 Å². The lowest BCUT2D eigenvalue weighted by Crippen LogP contribution is -2.02. The number of nitrogens with one attached hydrogen (secondary N) is 1. The number of hydrogen-bond donors (Lipinski definition) is 1. The maximum Gasteiger partial charge on any atom is 0.214 e. The minimum absolute atomic E-state index is 0.399. The Morgan fingerprint density at radius 3 is 3.00 bits per heavy atom. The largest absolute Gasteiger partial charge is 0.444 e. The molecule has 2 rings (SSSR count). The van der Waals surface area contributed by atoms with Gasteiger partial charge < -0.3 is 9.73 Å². The fourth-order valence-corrected chi connectivity index (χ4v) is 1.27. The van der Waals surface area contributed by atoms with Gasteiger partial charge in [-0.3, -0.25) is 0 Å². The fourth-order valence-electron chi connectivity index (χ4n) is 1.27. The molecule has 2 aromatic heterocycles. The van der Waals surface area contributed by atoms with Gasteiger partial charge in [-0.25, -0.2) is 9.97 Å². The van der Waals surface area contributed by atoms with Gasteiger partial charge in [0.15, 0.2) is 0 Å². The van der Waals surface area contributed by atoms with Crippen molar-refractivity contribution in [3.63, 3.8) is 0 Å². The molecule has 84 valence electrons. The number of halogens is 1. The molecule has 2 heterocycles. The smallest absolute Gasteiger partial charge is 0.214 e. The van der Waals surface area contributed by atoms with E-state index in [9.17, 15) is 4.39 Å². The maximum absolute atomic E-state index is 12.8. The lowest BCUT2D eigenvalue weighted by molar-refractivity contribution is 0.465. The van der Waals surface area contributed by atoms with E-state index in [0.717, 1.165) is 12.2 Å². The number of nitrogens with zero attached hydrogens (tertiary/aromatic N) is 2. The van der Waals surface area contributed by atoms with Crippen LogP contribution in [0.15, 0.2) is 28.8 Å². The van der Waals surface area contributed by atoms with Gasteiger partial charge in [-0.15, -0.1) is 0 Å². The predicted molar refractivity (Wildman–Crippen MR) is 57.4 cm³/mol. The average Bonchev–Trinajstić information content (AvgIpc) is 2.74. The Kier molecular flexibility index (Phi) is 3.14. The van der Waals surface area contributed by atoms with Crippen LogP contribution < -0.4 is 5.32 Å². The molecule has 0 aliphatic carbocycles. The van der Waals surface area contributed by atoms with E-state index in [1.54, 1.807) is 18.3 Å². The zero-order chi connectivity index (χ0) is 11.4. The summed E-state index contributed by atoms with van der Waals surface area (Å²) in [6.45, 7) is 2.39. The van der Waals surface area contributed by atoms with Crippen LogP contribution in [0, 0.1) is 5.95 Å². The Labute approximate surface area is 92.5 Å². The molecule has 0 unspecified atom stereocenters. The first kappa shape index (κ1) is 10.6. The highest BCUT2D eigenvalue weighted by Gasteiger charge is 2.02. The number of hydrogen-bond acceptors (Lipinski definition) is 4. The van der Waals surface area contributed by atoms with E-state index in [0.29, 0.717) is 18.3 Å². The van der Waals surface area contributed by atoms with Gasteiger partial charge in [-0.2, -0.15) is 4.39 Å². The van der Waals surface area contributed by atoms with Gasteiger partial charge in [0.2, 0.25) is 11.8 Å². The molecule has 0 aliphatic heterocycles. The van der Waals surface area contributed by atoms with Crippen molar-refractivity contribution in [2.45, 2.75) is 19.9 Å². The van der Waals surface area contributed by atoms with Crippen LogP contribution >= 0.6 is 0 Å². The topological polar surface area (TPSA) is 51.0 Å². The van der Waals surface area contributed by atoms with E-state index in [1.807, 2.05) is 6.92 Å². The number of oxazole rings is 1. The van der Waals surface area contributed by atoms with Crippen LogP contribution in [-0.2, 0) is 13.0 Å². The Morgan fingerprint density at radius 1 is 1.44 bits per heavy atom. The van der Waals surface area contributed by atoms with Gasteiger partial charge in [0.05, 0.1) is 12.7 Å². The Hall–Kier alpha value is -1.91. The number of aryl methyl sites for hydroxylation is 1. The molecule has 0 saturated heterocycles. The highest BCUT2D eigenvalue weighted by molar-refractivity contribution is 5.33. The molecule has 0 amide bonds. The molecule has 0 radical (unpaired) electrons. The molecule has 0 aromatic carbocycles. The Bertz CT molecular complexity index is 470. The summed E-state index contributed by atoms with van der Waals surface area (Å²) >= 11 is 0. The summed E-state index contributed by atoms with van der Waals surface area (Å²) in [5.41, 5.74) is 0. The second-order valence-electron chi connectivity index (χ2n) is 3.27. The lowest BCUT2D eigenvalue weighted by atomic mass is 10.4. The Balaban J connectivity index is 1.96. The zero-order valence-electron chi connectivity index (χ0n) is 8.90. The Morgan fingerprint density at radius 2 is 2.31 bits per heavy atom. The molecule has 1 N–H and O–H groups in total. The molecule has 0 bridgehead atoms. The first-order chi connectivity index (χ1) is 7.78. The third kappa shape index (κ3) is 2.56. The van der Waals surface area contributed by atoms with Gasteiger partial charge in [0, 0.05) is 6.42 Å². The van der Waals surface area contributed by atoms with Crippen LogP contribution in [0.3, 0.4) is 0 Å². The second-order valence-corrected chi connectivity index (χ2v) is 3.27. The molecule has 0 saturated carbocycles. The minimum Gasteiger partial charge on any atom is -0.444 e. The molecular weight excluding hydrogens is 209 g/mol. The summed E-state index contributed by atoms with van der Waals surface area (Å²) < 4.78 is 18.2. The maximum atomic E-state index is 12.8. The monoisotopic (exact) mass is 221 g/mol. The first-order valence-corrected chi connectivity index (χ1v) is 5.08. The third-order valence-electron chi connectivity index (χ3n) is 2.09. The van der Waals surface area contributed by atoms with E-state index in [2.05, 4.69) is 15.3 Å². The van der Waals surface area contributed by atoms with Gasteiger partial charge in [-0.05, 0) is 12.1 Å². The van der Waals surface area contributed by atoms with Crippen molar-refractivity contribution < 1.29 is 8.81 Å². The summed E-state index contributed by atoms with van der Waals surface area (Å²) in [5.74, 6) is 1.37. The summed E-state index contributed by atoms with van der Waals surface area (Å²) in [5, 5.41) is 2.93. The van der Waals surface area contributed by atoms with Crippen molar-refractivity contribution in [1.82, 2.24) is 9.97 Å². The van der Waals surface area contributed by atoms with Crippen LogP contribution in [0.4, 0.5) is 10.2 Å². The van der Waals surface area contributed by atoms with Gasteiger partial charge in [0.1, 0.15) is 11.6 Å². The summed E-state index contributed by atoms with van der Waals surface area (Å²) in [6, 6.07) is 4.58. The third-order valence-corrected chi connectivity index (χ3v) is 2.09. The quantitative estimate of drug-likeness (QED) is 0.805. The SMILES string of the molecule is CCc1cnc(CNc2cccc(F)n2)o1. The van der Waals surface area contributed by atoms with E-state index in [-0.39, 0.29) is 0 Å². The number of rotatable bonds is 4. The van der Waals surface area contributed by atoms with Crippen LogP contribution in [-0.4, -0.2) is 9.97 Å². The highest BCUT2D eigenvalue weighted by atomic mass is 19.1. The summed E-state index contributed by atoms with van der Waals surface area (Å²) in [6.07, 6.45) is 2.50. The summed E-state index contributed by atoms with van der Waals surface area (Å²) in [4.78, 5) is 7.74. The van der Waals surface area contributed by atoms with Crippen LogP contribution in [0.25, 0.3) is 0 Å². The summed E-state index contributed by atoms with van der Waals surface area (Å²) in [7, 11) is 0. The molecule has 5 heteroatoms. The van der Waals surface area contributed by atoms with Crippen molar-refractivity contribution in [3.8, 4) is 0 Å². The van der Waals surface area contributed by atoms with E-state index < -0.39 is 5.95 Å². The van der Waals surface area contributed by atoms with Crippen molar-refractivity contribution in [2.75, 3.05) is 5.32 Å². The van der Waals surface area contributed by atoms with Crippen LogP contribution in [0.1, 0.15) is 18.6 Å². The highest BCUT2D eigenvalue weighted by Crippen LogP contribution is 2.08. The average molecular weight is 221 g/mol. The van der Waals surface area contributed by atoms with Crippen LogP contribution in [0.5, 0.6) is 0 Å². The molecule has 0 aliphatic rings. The normalized spacial score (nSPS) is 10.4. The molecule has 16 heavy (non-hydrogen) atoms. The lowest BCUT2D eigenvalue weighted by Gasteiger charge is -2.01. The van der Waals surface area contributed by atoms with Crippen molar-refractivity contribution in [1.29, 1.82) is 0 Å². The molecule has 0 spiro atoms. The number of pyridine rings is 1. The number of aromatic nitrogens is 2. The molecular formula is C11H12FN3O.